The van der Waals surface area contributed by atoms with E-state index in [1.54, 1.807) is 36.7 Å². The Morgan fingerprint density at radius 3 is 2.67 bits per heavy atom. The molecule has 1 aliphatic heterocycles. The fraction of sp³-hybridized carbons (Fsp3) is 0.316. The van der Waals surface area contributed by atoms with Crippen LogP contribution in [0.4, 0.5) is 5.69 Å². The van der Waals surface area contributed by atoms with Crippen LogP contribution >= 0.6 is 24.8 Å². The van der Waals surface area contributed by atoms with Gasteiger partial charge >= 0.3 is 0 Å². The zero-order valence-corrected chi connectivity index (χ0v) is 16.4. The molecule has 1 unspecified atom stereocenters. The summed E-state index contributed by atoms with van der Waals surface area (Å²) in [6, 6.07) is 11.0. The van der Waals surface area contributed by atoms with Crippen molar-refractivity contribution in [2.75, 3.05) is 11.9 Å². The number of amides is 2. The van der Waals surface area contributed by atoms with Crippen LogP contribution in [0.3, 0.4) is 0 Å². The van der Waals surface area contributed by atoms with Crippen molar-refractivity contribution in [2.45, 2.75) is 31.8 Å². The number of aromatic nitrogens is 1. The second-order valence-electron chi connectivity index (χ2n) is 6.14. The number of nitrogens with one attached hydrogen (secondary N) is 3. The third kappa shape index (κ3) is 6.82. The second kappa shape index (κ2) is 11.5. The van der Waals surface area contributed by atoms with Gasteiger partial charge in [-0.25, -0.2) is 0 Å². The number of para-hydroxylation sites is 1. The number of hydrogen-bond donors (Lipinski definition) is 3. The number of nitrogens with zero attached hydrogens (tertiary/aromatic N) is 1. The van der Waals surface area contributed by atoms with Crippen LogP contribution in [-0.2, 0) is 11.3 Å². The standard InChI is InChI=1S/C19H22N4O2.2ClH/c24-18(11-15-6-4-10-21-15)23-17-8-2-1-7-16(17)19(25)22-13-14-5-3-9-20-12-14;;/h1-3,5,7-9,12,15,21H,4,6,10-11,13H2,(H,22,25)(H,23,24);2*1H. The van der Waals surface area contributed by atoms with Gasteiger partial charge in [0.25, 0.3) is 5.91 Å². The molecule has 0 saturated carbocycles. The van der Waals surface area contributed by atoms with Gasteiger partial charge in [0.1, 0.15) is 0 Å². The molecule has 3 N–H and O–H groups in total. The minimum atomic E-state index is -0.223. The number of halogens is 2. The number of hydrogen-bond acceptors (Lipinski definition) is 4. The van der Waals surface area contributed by atoms with Crippen LogP contribution in [0.15, 0.2) is 48.8 Å². The summed E-state index contributed by atoms with van der Waals surface area (Å²) in [6.45, 7) is 1.35. The quantitative estimate of drug-likeness (QED) is 0.683. The molecule has 146 valence electrons. The van der Waals surface area contributed by atoms with Gasteiger partial charge in [-0.05, 0) is 43.1 Å². The summed E-state index contributed by atoms with van der Waals surface area (Å²) in [4.78, 5) is 28.7. The topological polar surface area (TPSA) is 83.1 Å². The SMILES string of the molecule is Cl.Cl.O=C(CC1CCCN1)Nc1ccccc1C(=O)NCc1cccnc1. The first kappa shape index (κ1) is 22.9. The third-order valence-corrected chi connectivity index (χ3v) is 4.22. The Bertz CT molecular complexity index is 737. The van der Waals surface area contributed by atoms with E-state index in [1.165, 1.54) is 0 Å². The lowest BCUT2D eigenvalue weighted by Crippen LogP contribution is -2.29. The van der Waals surface area contributed by atoms with Gasteiger partial charge in [0.05, 0.1) is 11.3 Å². The first-order valence-electron chi connectivity index (χ1n) is 8.52. The summed E-state index contributed by atoms with van der Waals surface area (Å²) in [6.07, 6.45) is 5.94. The summed E-state index contributed by atoms with van der Waals surface area (Å²) >= 11 is 0. The van der Waals surface area contributed by atoms with E-state index in [-0.39, 0.29) is 42.7 Å². The molecule has 2 amide bonds. The number of anilines is 1. The smallest absolute Gasteiger partial charge is 0.253 e. The van der Waals surface area contributed by atoms with E-state index in [1.807, 2.05) is 12.1 Å². The van der Waals surface area contributed by atoms with Gasteiger partial charge in [0, 0.05) is 31.4 Å². The molecule has 1 aliphatic rings. The first-order valence-corrected chi connectivity index (χ1v) is 8.52. The number of carbonyl (C=O) groups is 2. The molecule has 2 aromatic rings. The maximum Gasteiger partial charge on any atom is 0.253 e. The zero-order valence-electron chi connectivity index (χ0n) is 14.8. The Balaban J connectivity index is 0.00000182. The summed E-state index contributed by atoms with van der Waals surface area (Å²) < 4.78 is 0. The summed E-state index contributed by atoms with van der Waals surface area (Å²) in [7, 11) is 0. The number of pyridine rings is 1. The van der Waals surface area contributed by atoms with Crippen LogP contribution in [-0.4, -0.2) is 29.4 Å². The summed E-state index contributed by atoms with van der Waals surface area (Å²) in [5.41, 5.74) is 1.91. The van der Waals surface area contributed by atoms with Gasteiger partial charge in [-0.15, -0.1) is 24.8 Å². The van der Waals surface area contributed by atoms with Crippen molar-refractivity contribution in [1.82, 2.24) is 15.6 Å². The lowest BCUT2D eigenvalue weighted by atomic mass is 10.1. The molecule has 8 heteroatoms. The van der Waals surface area contributed by atoms with Crippen molar-refractivity contribution >= 4 is 42.3 Å². The van der Waals surface area contributed by atoms with E-state index in [4.69, 9.17) is 0 Å². The Morgan fingerprint density at radius 1 is 1.15 bits per heavy atom. The maximum atomic E-state index is 12.5. The average molecular weight is 411 g/mol. The molecule has 27 heavy (non-hydrogen) atoms. The van der Waals surface area contributed by atoms with Crippen LogP contribution < -0.4 is 16.0 Å². The highest BCUT2D eigenvalue weighted by Gasteiger charge is 2.19. The molecule has 0 bridgehead atoms. The number of benzene rings is 1. The maximum absolute atomic E-state index is 12.5. The summed E-state index contributed by atoms with van der Waals surface area (Å²) in [5.74, 6) is -0.300. The van der Waals surface area contributed by atoms with Crippen molar-refractivity contribution in [1.29, 1.82) is 0 Å². The molecule has 1 aromatic carbocycles. The third-order valence-electron chi connectivity index (χ3n) is 4.22. The zero-order chi connectivity index (χ0) is 17.5. The molecule has 1 aromatic heterocycles. The average Bonchev–Trinajstić information content (AvgIpc) is 3.14. The molecular formula is C19H24Cl2N4O2. The monoisotopic (exact) mass is 410 g/mol. The molecule has 3 rings (SSSR count). The van der Waals surface area contributed by atoms with Crippen molar-refractivity contribution in [3.05, 3.63) is 59.9 Å². The fourth-order valence-corrected chi connectivity index (χ4v) is 2.93. The Kier molecular flexibility index (Phi) is 9.78. The van der Waals surface area contributed by atoms with Crippen LogP contribution in [0.5, 0.6) is 0 Å². The Hall–Kier alpha value is -2.15. The van der Waals surface area contributed by atoms with Crippen LogP contribution in [0.1, 0.15) is 35.2 Å². The molecule has 1 fully saturated rings. The van der Waals surface area contributed by atoms with Gasteiger partial charge in [-0.2, -0.15) is 0 Å². The second-order valence-corrected chi connectivity index (χ2v) is 6.14. The highest BCUT2D eigenvalue weighted by molar-refractivity contribution is 6.03. The molecule has 1 atom stereocenters. The van der Waals surface area contributed by atoms with Gasteiger partial charge < -0.3 is 16.0 Å². The van der Waals surface area contributed by atoms with E-state index >= 15 is 0 Å². The fourth-order valence-electron chi connectivity index (χ4n) is 2.93. The minimum absolute atomic E-state index is 0. The first-order chi connectivity index (χ1) is 12.2. The van der Waals surface area contributed by atoms with Crippen LogP contribution in [0, 0.1) is 0 Å². The van der Waals surface area contributed by atoms with Crippen LogP contribution in [0.2, 0.25) is 0 Å². The van der Waals surface area contributed by atoms with Crippen molar-refractivity contribution in [3.63, 3.8) is 0 Å². The molecular weight excluding hydrogens is 387 g/mol. The largest absolute Gasteiger partial charge is 0.348 e. The highest BCUT2D eigenvalue weighted by atomic mass is 35.5. The lowest BCUT2D eigenvalue weighted by Gasteiger charge is -2.13. The minimum Gasteiger partial charge on any atom is -0.348 e. The van der Waals surface area contributed by atoms with E-state index in [0.29, 0.717) is 24.2 Å². The molecule has 6 nitrogen and oxygen atoms in total. The van der Waals surface area contributed by atoms with E-state index in [0.717, 1.165) is 24.9 Å². The molecule has 2 heterocycles. The summed E-state index contributed by atoms with van der Waals surface area (Å²) in [5, 5.41) is 9.03. The van der Waals surface area contributed by atoms with Crippen molar-refractivity contribution in [3.8, 4) is 0 Å². The molecule has 0 radical (unpaired) electrons. The highest BCUT2D eigenvalue weighted by Crippen LogP contribution is 2.17. The van der Waals surface area contributed by atoms with Crippen LogP contribution in [0.25, 0.3) is 0 Å². The number of rotatable bonds is 6. The van der Waals surface area contributed by atoms with Crippen molar-refractivity contribution in [2.24, 2.45) is 0 Å². The van der Waals surface area contributed by atoms with E-state index < -0.39 is 0 Å². The van der Waals surface area contributed by atoms with E-state index in [9.17, 15) is 9.59 Å². The lowest BCUT2D eigenvalue weighted by molar-refractivity contribution is -0.116. The van der Waals surface area contributed by atoms with Gasteiger partial charge in [0.2, 0.25) is 5.91 Å². The van der Waals surface area contributed by atoms with Gasteiger partial charge in [-0.3, -0.25) is 14.6 Å². The predicted octanol–water partition coefficient (Wildman–Crippen LogP) is 2.94. The molecule has 0 spiro atoms. The van der Waals surface area contributed by atoms with Gasteiger partial charge in [-0.1, -0.05) is 18.2 Å². The Morgan fingerprint density at radius 2 is 1.96 bits per heavy atom. The van der Waals surface area contributed by atoms with E-state index in [2.05, 4.69) is 20.9 Å². The number of carbonyl (C=O) groups excluding carboxylic acids is 2. The van der Waals surface area contributed by atoms with Crippen molar-refractivity contribution < 1.29 is 9.59 Å². The molecule has 0 aliphatic carbocycles. The Labute approximate surface area is 171 Å². The van der Waals surface area contributed by atoms with Gasteiger partial charge in [0.15, 0.2) is 0 Å². The molecule has 1 saturated heterocycles. The predicted molar refractivity (Wildman–Crippen MR) is 111 cm³/mol. The normalized spacial score (nSPS) is 15.2.